The first-order valence-corrected chi connectivity index (χ1v) is 16.8. The minimum atomic E-state index is -0.695. The van der Waals surface area contributed by atoms with E-state index in [4.69, 9.17) is 4.74 Å². The van der Waals surface area contributed by atoms with E-state index in [-0.39, 0.29) is 33.4 Å². The summed E-state index contributed by atoms with van der Waals surface area (Å²) in [6, 6.07) is 11.2. The van der Waals surface area contributed by atoms with Gasteiger partial charge in [0.1, 0.15) is 17.3 Å². The van der Waals surface area contributed by atoms with E-state index in [2.05, 4.69) is 42.1 Å². The number of aromatic nitrogens is 5. The van der Waals surface area contributed by atoms with E-state index in [0.717, 1.165) is 48.8 Å². The molecule has 0 radical (unpaired) electrons. The Balaban J connectivity index is 1.18. The van der Waals surface area contributed by atoms with Crippen LogP contribution in [0.25, 0.3) is 27.7 Å². The van der Waals surface area contributed by atoms with Crippen molar-refractivity contribution in [3.63, 3.8) is 0 Å². The molecular formula is C37H41FN8O4. The van der Waals surface area contributed by atoms with Gasteiger partial charge in [-0.1, -0.05) is 20.8 Å². The number of fused-ring (bicyclic) bond motifs is 1. The number of benzene rings is 1. The molecule has 0 spiro atoms. The van der Waals surface area contributed by atoms with Gasteiger partial charge in [-0.2, -0.15) is 9.78 Å². The zero-order valence-corrected chi connectivity index (χ0v) is 28.8. The van der Waals surface area contributed by atoms with Crippen molar-refractivity contribution >= 4 is 28.0 Å². The number of H-pyrrole nitrogens is 1. The van der Waals surface area contributed by atoms with E-state index in [1.54, 1.807) is 25.1 Å². The average Bonchev–Trinajstić information content (AvgIpc) is 3.05. The van der Waals surface area contributed by atoms with E-state index in [0.29, 0.717) is 40.1 Å². The van der Waals surface area contributed by atoms with Gasteiger partial charge in [-0.3, -0.25) is 14.5 Å². The third-order valence-electron chi connectivity index (χ3n) is 9.76. The fourth-order valence-electron chi connectivity index (χ4n) is 6.79. The quantitative estimate of drug-likeness (QED) is 0.226. The molecule has 0 aliphatic carbocycles. The minimum absolute atomic E-state index is 0.0599. The smallest absolute Gasteiger partial charge is 0.283 e. The van der Waals surface area contributed by atoms with Crippen LogP contribution in [-0.2, 0) is 16.8 Å². The molecule has 50 heavy (non-hydrogen) atoms. The summed E-state index contributed by atoms with van der Waals surface area (Å²) in [4.78, 5) is 43.5. The summed E-state index contributed by atoms with van der Waals surface area (Å²) in [6.45, 7) is 13.8. The van der Waals surface area contributed by atoms with Crippen molar-refractivity contribution in [1.29, 1.82) is 0 Å². The number of hydrogen-bond donors (Lipinski definition) is 3. The van der Waals surface area contributed by atoms with Gasteiger partial charge in [-0.25, -0.2) is 14.4 Å². The van der Waals surface area contributed by atoms with Crippen molar-refractivity contribution < 1.29 is 14.2 Å². The summed E-state index contributed by atoms with van der Waals surface area (Å²) < 4.78 is 21.8. The molecule has 2 aliphatic rings. The van der Waals surface area contributed by atoms with E-state index < -0.39 is 18.0 Å². The monoisotopic (exact) mass is 680 g/mol. The Labute approximate surface area is 288 Å². The van der Waals surface area contributed by atoms with Crippen LogP contribution in [0, 0.1) is 12.7 Å². The van der Waals surface area contributed by atoms with Gasteiger partial charge in [0.2, 0.25) is 0 Å². The summed E-state index contributed by atoms with van der Waals surface area (Å²) in [6.07, 6.45) is 4.73. The van der Waals surface area contributed by atoms with Gasteiger partial charge in [0.15, 0.2) is 5.82 Å². The zero-order chi connectivity index (χ0) is 35.3. The van der Waals surface area contributed by atoms with E-state index in [9.17, 15) is 14.7 Å². The van der Waals surface area contributed by atoms with Crippen LogP contribution in [0.1, 0.15) is 44.5 Å². The molecule has 7 rings (SSSR count). The maximum atomic E-state index is 15.4. The van der Waals surface area contributed by atoms with Gasteiger partial charge in [-0.15, -0.1) is 0 Å². The number of nitrogens with one attached hydrogen (secondary N) is 2. The lowest BCUT2D eigenvalue weighted by atomic mass is 9.86. The van der Waals surface area contributed by atoms with Gasteiger partial charge < -0.3 is 25.0 Å². The van der Waals surface area contributed by atoms with Gasteiger partial charge in [-0.05, 0) is 66.8 Å². The standard InChI is InChI=1S/C37H41FN8O4/c1-21-17-44(26-19-50-20-26)10-11-45(21)25-6-7-32(40-16-25)43-31-14-28(22(2)42-35(31)48)27-8-9-39-34(29(27)18-47)46-36(49)33-23(15-41-46)12-24(13-30(33)38)37(3,4)5/h6-9,12-16,21,26,47H,10-11,17-20H2,1-5H3,(H,40,43)(H,42,48). The molecule has 1 unspecified atom stereocenters. The lowest BCUT2D eigenvalue weighted by molar-refractivity contribution is -0.0691. The average molecular weight is 681 g/mol. The minimum Gasteiger partial charge on any atom is -0.392 e. The fraction of sp³-hybridized carbons (Fsp3) is 0.378. The molecular weight excluding hydrogens is 639 g/mol. The Morgan fingerprint density at radius 1 is 1.06 bits per heavy atom. The highest BCUT2D eigenvalue weighted by molar-refractivity contribution is 5.83. The Morgan fingerprint density at radius 2 is 1.86 bits per heavy atom. The predicted molar refractivity (Wildman–Crippen MR) is 191 cm³/mol. The van der Waals surface area contributed by atoms with E-state index in [1.807, 2.05) is 39.1 Å². The van der Waals surface area contributed by atoms with E-state index in [1.165, 1.54) is 18.5 Å². The number of aryl methyl sites for hydroxylation is 1. The summed E-state index contributed by atoms with van der Waals surface area (Å²) in [5.74, 6) is -0.0985. The Morgan fingerprint density at radius 3 is 2.52 bits per heavy atom. The second kappa shape index (κ2) is 13.0. The topological polar surface area (TPSA) is 142 Å². The van der Waals surface area contributed by atoms with E-state index >= 15 is 4.39 Å². The van der Waals surface area contributed by atoms with Gasteiger partial charge >= 0.3 is 0 Å². The molecule has 0 amide bonds. The van der Waals surface area contributed by atoms with Crippen molar-refractivity contribution in [2.45, 2.75) is 58.7 Å². The summed E-state index contributed by atoms with van der Waals surface area (Å²) >= 11 is 0. The van der Waals surface area contributed by atoms with Gasteiger partial charge in [0.05, 0.1) is 49.3 Å². The molecule has 1 aromatic carbocycles. The molecule has 2 aliphatic heterocycles. The third-order valence-corrected chi connectivity index (χ3v) is 9.76. The first kappa shape index (κ1) is 33.5. The third kappa shape index (κ3) is 6.16. The van der Waals surface area contributed by atoms with Crippen LogP contribution in [-0.4, -0.2) is 79.7 Å². The lowest BCUT2D eigenvalue weighted by Crippen LogP contribution is -2.59. The number of hydrogen-bond acceptors (Lipinski definition) is 10. The Hall–Kier alpha value is -4.98. The normalized spacial score (nSPS) is 17.3. The number of nitrogens with zero attached hydrogens (tertiary/aromatic N) is 6. The van der Waals surface area contributed by atoms with Crippen LogP contribution in [0.2, 0.25) is 0 Å². The van der Waals surface area contributed by atoms with Crippen LogP contribution >= 0.6 is 0 Å². The number of anilines is 3. The van der Waals surface area contributed by atoms with Crippen LogP contribution < -0.4 is 21.3 Å². The van der Waals surface area contributed by atoms with Crippen molar-refractivity contribution in [3.8, 4) is 16.9 Å². The second-order valence-electron chi connectivity index (χ2n) is 14.2. The summed E-state index contributed by atoms with van der Waals surface area (Å²) in [5, 5.41) is 18.3. The molecule has 4 aromatic heterocycles. The number of ether oxygens (including phenoxy) is 1. The first-order chi connectivity index (χ1) is 23.9. The highest BCUT2D eigenvalue weighted by Gasteiger charge is 2.32. The second-order valence-corrected chi connectivity index (χ2v) is 14.2. The molecule has 6 heterocycles. The molecule has 260 valence electrons. The van der Waals surface area contributed by atoms with Crippen molar-refractivity contribution in [2.24, 2.45) is 0 Å². The van der Waals surface area contributed by atoms with Crippen LogP contribution in [0.4, 0.5) is 21.6 Å². The van der Waals surface area contributed by atoms with Crippen molar-refractivity contribution in [1.82, 2.24) is 29.6 Å². The molecule has 13 heteroatoms. The summed E-state index contributed by atoms with van der Waals surface area (Å²) in [7, 11) is 0. The molecule has 5 aromatic rings. The Kier molecular flexibility index (Phi) is 8.75. The van der Waals surface area contributed by atoms with Gasteiger partial charge in [0, 0.05) is 54.1 Å². The zero-order valence-electron chi connectivity index (χ0n) is 28.8. The number of aliphatic hydroxyl groups excluding tert-OH is 1. The number of aliphatic hydroxyl groups is 1. The highest BCUT2D eigenvalue weighted by Crippen LogP contribution is 2.32. The maximum Gasteiger partial charge on any atom is 0.283 e. The fourth-order valence-corrected chi connectivity index (χ4v) is 6.79. The lowest BCUT2D eigenvalue weighted by Gasteiger charge is -2.46. The molecule has 0 saturated carbocycles. The number of piperazine rings is 1. The van der Waals surface area contributed by atoms with Crippen molar-refractivity contribution in [2.75, 3.05) is 43.1 Å². The molecule has 2 saturated heterocycles. The van der Waals surface area contributed by atoms with Crippen LogP contribution in [0.3, 0.4) is 0 Å². The molecule has 3 N–H and O–H groups in total. The number of pyridine rings is 3. The largest absolute Gasteiger partial charge is 0.392 e. The molecule has 1 atom stereocenters. The predicted octanol–water partition coefficient (Wildman–Crippen LogP) is 4.42. The maximum absolute atomic E-state index is 15.4. The molecule has 12 nitrogen and oxygen atoms in total. The highest BCUT2D eigenvalue weighted by atomic mass is 19.1. The SMILES string of the molecule is Cc1[nH]c(=O)c(Nc2ccc(N3CCN(C4COC4)CC3C)cn2)cc1-c1ccnc(-n2ncc3cc(C(C)(C)C)cc(F)c3c2=O)c1CO. The molecule has 0 bridgehead atoms. The molecule has 2 fully saturated rings. The summed E-state index contributed by atoms with van der Waals surface area (Å²) in [5.41, 5.74) is 2.57. The number of aromatic amines is 1. The van der Waals surface area contributed by atoms with Crippen molar-refractivity contribution in [3.05, 3.63) is 98.3 Å². The van der Waals surface area contributed by atoms with Gasteiger partial charge in [0.25, 0.3) is 11.1 Å². The number of rotatable bonds is 7. The van der Waals surface area contributed by atoms with Crippen LogP contribution in [0.15, 0.2) is 64.6 Å². The number of halogens is 1. The van der Waals surface area contributed by atoms with Crippen LogP contribution in [0.5, 0.6) is 0 Å². The Bertz CT molecular complexity index is 2190. The first-order valence-electron chi connectivity index (χ1n) is 16.8.